The average molecular weight is 471 g/mol. The van der Waals surface area contributed by atoms with Gasteiger partial charge in [0.2, 0.25) is 11.8 Å². The van der Waals surface area contributed by atoms with E-state index in [2.05, 4.69) is 15.5 Å². The lowest BCUT2D eigenvalue weighted by Crippen LogP contribution is -2.28. The zero-order valence-electron chi connectivity index (χ0n) is 17.5. The second-order valence-corrected chi connectivity index (χ2v) is 9.59. The minimum Gasteiger partial charge on any atom is -0.493 e. The summed E-state index contributed by atoms with van der Waals surface area (Å²) in [6.07, 6.45) is 0.906. The van der Waals surface area contributed by atoms with Gasteiger partial charge in [0, 0.05) is 25.7 Å². The van der Waals surface area contributed by atoms with Crippen LogP contribution in [0.1, 0.15) is 18.9 Å². The summed E-state index contributed by atoms with van der Waals surface area (Å²) >= 11 is 4.07. The third-order valence-corrected chi connectivity index (χ3v) is 7.10. The molecule has 30 heavy (non-hydrogen) atoms. The quantitative estimate of drug-likeness (QED) is 0.473. The van der Waals surface area contributed by atoms with E-state index in [1.165, 1.54) is 34.9 Å². The molecule has 8 nitrogen and oxygen atoms in total. The van der Waals surface area contributed by atoms with Crippen molar-refractivity contribution in [3.05, 3.63) is 23.8 Å². The Hall–Kier alpha value is -1.98. The number of carbonyl (C=O) groups is 2. The molecule has 0 bridgehead atoms. The van der Waals surface area contributed by atoms with Crippen LogP contribution in [-0.4, -0.2) is 66.2 Å². The van der Waals surface area contributed by atoms with Gasteiger partial charge >= 0.3 is 0 Å². The molecule has 0 aliphatic carbocycles. The molecule has 1 heterocycles. The fraction of sp³-hybridized carbons (Fsp3) is 0.474. The Kier molecular flexibility index (Phi) is 10.2. The van der Waals surface area contributed by atoms with E-state index >= 15 is 0 Å². The minimum atomic E-state index is -0.0341. The number of amides is 2. The van der Waals surface area contributed by atoms with Crippen LogP contribution in [0.3, 0.4) is 0 Å². The maximum absolute atomic E-state index is 12.5. The van der Waals surface area contributed by atoms with Crippen molar-refractivity contribution >= 4 is 46.7 Å². The molecule has 0 atom stereocenters. The molecule has 0 spiro atoms. The molecule has 0 aliphatic rings. The van der Waals surface area contributed by atoms with Crippen molar-refractivity contribution in [2.75, 3.05) is 39.3 Å². The maximum atomic E-state index is 12.5. The minimum absolute atomic E-state index is 0.0176. The van der Waals surface area contributed by atoms with Crippen LogP contribution in [0.4, 0.5) is 0 Å². The number of thioether (sulfide) groups is 2. The second-order valence-electron chi connectivity index (χ2n) is 6.16. The van der Waals surface area contributed by atoms with E-state index in [-0.39, 0.29) is 17.6 Å². The zero-order chi connectivity index (χ0) is 21.9. The Balaban J connectivity index is 1.83. The fourth-order valence-electron chi connectivity index (χ4n) is 2.41. The number of benzene rings is 1. The monoisotopic (exact) mass is 470 g/mol. The van der Waals surface area contributed by atoms with Crippen LogP contribution in [-0.2, 0) is 16.1 Å². The highest BCUT2D eigenvalue weighted by Crippen LogP contribution is 2.32. The first kappa shape index (κ1) is 24.3. The van der Waals surface area contributed by atoms with Gasteiger partial charge < -0.3 is 19.7 Å². The third kappa shape index (κ3) is 7.37. The number of hydrogen-bond acceptors (Lipinski definition) is 9. The van der Waals surface area contributed by atoms with E-state index in [9.17, 15) is 9.59 Å². The molecule has 0 saturated carbocycles. The van der Waals surface area contributed by atoms with Crippen LogP contribution in [0.2, 0.25) is 0 Å². The number of ether oxygens (including phenoxy) is 2. The van der Waals surface area contributed by atoms with E-state index in [4.69, 9.17) is 9.47 Å². The Morgan fingerprint density at radius 2 is 1.83 bits per heavy atom. The summed E-state index contributed by atoms with van der Waals surface area (Å²) in [5, 5.41) is 11.0. The highest BCUT2D eigenvalue weighted by Gasteiger charge is 2.16. The van der Waals surface area contributed by atoms with E-state index in [0.717, 1.165) is 12.0 Å². The van der Waals surface area contributed by atoms with Crippen LogP contribution in [0.5, 0.6) is 11.5 Å². The van der Waals surface area contributed by atoms with Gasteiger partial charge in [0.15, 0.2) is 20.2 Å². The lowest BCUT2D eigenvalue weighted by Gasteiger charge is -2.19. The van der Waals surface area contributed by atoms with Crippen LogP contribution in [0, 0.1) is 0 Å². The van der Waals surface area contributed by atoms with E-state index in [0.29, 0.717) is 39.0 Å². The van der Waals surface area contributed by atoms with Gasteiger partial charge in [-0.2, -0.15) is 0 Å². The van der Waals surface area contributed by atoms with Crippen LogP contribution in [0.15, 0.2) is 26.9 Å². The smallest absolute Gasteiger partial charge is 0.233 e. The van der Waals surface area contributed by atoms with Crippen molar-refractivity contribution < 1.29 is 19.1 Å². The molecule has 0 saturated heterocycles. The van der Waals surface area contributed by atoms with Crippen molar-refractivity contribution in [3.8, 4) is 11.5 Å². The summed E-state index contributed by atoms with van der Waals surface area (Å²) in [6.45, 7) is 3.09. The molecule has 164 valence electrons. The van der Waals surface area contributed by atoms with Crippen molar-refractivity contribution in [1.82, 2.24) is 20.4 Å². The molecule has 0 aliphatic heterocycles. The summed E-state index contributed by atoms with van der Waals surface area (Å²) in [7, 11) is 4.91. The van der Waals surface area contributed by atoms with Gasteiger partial charge in [-0.15, -0.1) is 10.2 Å². The van der Waals surface area contributed by atoms with Crippen molar-refractivity contribution in [2.45, 2.75) is 28.6 Å². The number of aromatic nitrogens is 2. The molecule has 0 fully saturated rings. The third-order valence-electron chi connectivity index (χ3n) is 3.92. The molecule has 1 aromatic carbocycles. The largest absolute Gasteiger partial charge is 0.493 e. The lowest BCUT2D eigenvalue weighted by atomic mass is 10.1. The standard InChI is InChI=1S/C19H26N4O4S3/c1-5-9-20-15(24)11-28-18-21-22-19(30-18)29-12-16(25)23(2)10-13-7-6-8-14(26-3)17(13)27-4/h6-8H,5,9-12H2,1-4H3,(H,20,24). The van der Waals surface area contributed by atoms with Gasteiger partial charge in [-0.3, -0.25) is 9.59 Å². The number of para-hydroxylation sites is 1. The normalized spacial score (nSPS) is 10.5. The molecule has 0 radical (unpaired) electrons. The first-order valence-corrected chi connectivity index (χ1v) is 12.1. The molecule has 11 heteroatoms. The molecule has 2 rings (SSSR count). The number of carbonyl (C=O) groups excluding carboxylic acids is 2. The molecular formula is C19H26N4O4S3. The Labute approximate surface area is 189 Å². The number of nitrogens with one attached hydrogen (secondary N) is 1. The molecule has 0 unspecified atom stereocenters. The molecule has 1 N–H and O–H groups in total. The van der Waals surface area contributed by atoms with Gasteiger partial charge in [0.05, 0.1) is 25.7 Å². The Bertz CT molecular complexity index is 847. The van der Waals surface area contributed by atoms with E-state index in [1.54, 1.807) is 26.2 Å². The second kappa shape index (κ2) is 12.7. The van der Waals surface area contributed by atoms with Crippen LogP contribution in [0.25, 0.3) is 0 Å². The molecular weight excluding hydrogens is 444 g/mol. The van der Waals surface area contributed by atoms with Gasteiger partial charge in [0.25, 0.3) is 0 Å². The van der Waals surface area contributed by atoms with Crippen molar-refractivity contribution in [2.24, 2.45) is 0 Å². The van der Waals surface area contributed by atoms with E-state index < -0.39 is 0 Å². The lowest BCUT2D eigenvalue weighted by molar-refractivity contribution is -0.127. The van der Waals surface area contributed by atoms with Crippen molar-refractivity contribution in [1.29, 1.82) is 0 Å². The van der Waals surface area contributed by atoms with Crippen LogP contribution >= 0.6 is 34.9 Å². The maximum Gasteiger partial charge on any atom is 0.233 e. The number of methoxy groups -OCH3 is 2. The summed E-state index contributed by atoms with van der Waals surface area (Å²) in [5.41, 5.74) is 0.869. The van der Waals surface area contributed by atoms with E-state index in [1.807, 2.05) is 25.1 Å². The highest BCUT2D eigenvalue weighted by atomic mass is 32.2. The Morgan fingerprint density at radius 1 is 1.13 bits per heavy atom. The predicted octanol–water partition coefficient (Wildman–Crippen LogP) is 2.92. The van der Waals surface area contributed by atoms with Gasteiger partial charge in [-0.25, -0.2) is 0 Å². The van der Waals surface area contributed by atoms with Gasteiger partial charge in [0.1, 0.15) is 0 Å². The number of nitrogens with zero attached hydrogens (tertiary/aromatic N) is 3. The van der Waals surface area contributed by atoms with Gasteiger partial charge in [-0.1, -0.05) is 53.9 Å². The summed E-state index contributed by atoms with van der Waals surface area (Å²) in [4.78, 5) is 25.8. The molecule has 1 aromatic heterocycles. The van der Waals surface area contributed by atoms with Crippen LogP contribution < -0.4 is 14.8 Å². The first-order chi connectivity index (χ1) is 14.5. The van der Waals surface area contributed by atoms with Crippen molar-refractivity contribution in [3.63, 3.8) is 0 Å². The predicted molar refractivity (Wildman–Crippen MR) is 121 cm³/mol. The summed E-state index contributed by atoms with van der Waals surface area (Å²) in [6, 6.07) is 5.59. The number of rotatable bonds is 12. The summed E-state index contributed by atoms with van der Waals surface area (Å²) in [5.74, 6) is 1.76. The fourth-order valence-corrected chi connectivity index (χ4v) is 5.20. The van der Waals surface area contributed by atoms with Gasteiger partial charge in [-0.05, 0) is 12.5 Å². The average Bonchev–Trinajstić information content (AvgIpc) is 3.22. The Morgan fingerprint density at radius 3 is 2.47 bits per heavy atom. The SMILES string of the molecule is CCCNC(=O)CSc1nnc(SCC(=O)N(C)Cc2cccc(OC)c2OC)s1. The molecule has 2 aromatic rings. The molecule has 2 amide bonds. The highest BCUT2D eigenvalue weighted by molar-refractivity contribution is 8.03. The number of hydrogen-bond donors (Lipinski definition) is 1. The first-order valence-electron chi connectivity index (χ1n) is 9.28. The summed E-state index contributed by atoms with van der Waals surface area (Å²) < 4.78 is 12.1. The zero-order valence-corrected chi connectivity index (χ0v) is 19.9. The topological polar surface area (TPSA) is 93.7 Å².